The van der Waals surface area contributed by atoms with Crippen molar-refractivity contribution in [2.75, 3.05) is 5.43 Å². The summed E-state index contributed by atoms with van der Waals surface area (Å²) in [6.45, 7) is 0. The van der Waals surface area contributed by atoms with Gasteiger partial charge in [-0.05, 0) is 28.1 Å². The normalized spacial score (nSPS) is 11.6. The standard InChI is InChI=1S/C7H5BrF4N2/c8-4-1-3(7(10,11)12)2-5(14-13)6(4)9/h1-2,14H,13H2. The maximum atomic E-state index is 13.0. The first kappa shape index (κ1) is 11.3. The van der Waals surface area contributed by atoms with Crippen LogP contribution in [0, 0.1) is 5.82 Å². The van der Waals surface area contributed by atoms with Gasteiger partial charge in [0, 0.05) is 0 Å². The number of hydrogen-bond donors (Lipinski definition) is 2. The average Bonchev–Trinajstić information content (AvgIpc) is 2.07. The highest BCUT2D eigenvalue weighted by Crippen LogP contribution is 2.34. The van der Waals surface area contributed by atoms with Crippen molar-refractivity contribution < 1.29 is 17.6 Å². The van der Waals surface area contributed by atoms with Crippen LogP contribution < -0.4 is 11.3 Å². The first-order chi connectivity index (χ1) is 6.36. The van der Waals surface area contributed by atoms with Crippen molar-refractivity contribution in [3.05, 3.63) is 28.0 Å². The number of nitrogens with one attached hydrogen (secondary N) is 1. The quantitative estimate of drug-likeness (QED) is 0.469. The first-order valence-electron chi connectivity index (χ1n) is 3.39. The van der Waals surface area contributed by atoms with E-state index >= 15 is 0 Å². The van der Waals surface area contributed by atoms with Gasteiger partial charge in [0.2, 0.25) is 0 Å². The van der Waals surface area contributed by atoms with E-state index < -0.39 is 23.2 Å². The van der Waals surface area contributed by atoms with E-state index in [4.69, 9.17) is 5.84 Å². The number of benzene rings is 1. The van der Waals surface area contributed by atoms with Gasteiger partial charge in [-0.15, -0.1) is 0 Å². The minimum Gasteiger partial charge on any atom is -0.321 e. The molecule has 0 unspecified atom stereocenters. The van der Waals surface area contributed by atoms with E-state index in [-0.39, 0.29) is 4.47 Å². The maximum Gasteiger partial charge on any atom is 0.416 e. The summed E-state index contributed by atoms with van der Waals surface area (Å²) < 4.78 is 49.3. The Bertz CT molecular complexity index is 350. The summed E-state index contributed by atoms with van der Waals surface area (Å²) in [5.41, 5.74) is 0.460. The van der Waals surface area contributed by atoms with Crippen LogP contribution in [0.1, 0.15) is 5.56 Å². The van der Waals surface area contributed by atoms with E-state index in [0.29, 0.717) is 12.1 Å². The Labute approximate surface area is 85.2 Å². The van der Waals surface area contributed by atoms with Gasteiger partial charge in [0.1, 0.15) is 0 Å². The molecule has 0 bridgehead atoms. The molecule has 78 valence electrons. The second-order valence-electron chi connectivity index (χ2n) is 2.46. The van der Waals surface area contributed by atoms with E-state index in [9.17, 15) is 17.6 Å². The Morgan fingerprint density at radius 3 is 2.29 bits per heavy atom. The molecule has 1 aromatic rings. The van der Waals surface area contributed by atoms with Crippen LogP contribution in [0.15, 0.2) is 16.6 Å². The molecule has 0 aliphatic carbocycles. The molecular formula is C7H5BrF4N2. The number of nitrogens with two attached hydrogens (primary N) is 1. The van der Waals surface area contributed by atoms with Gasteiger partial charge in [-0.2, -0.15) is 13.2 Å². The molecule has 7 heteroatoms. The van der Waals surface area contributed by atoms with E-state index in [1.165, 1.54) is 0 Å². The number of halogens is 5. The Balaban J connectivity index is 3.30. The molecule has 3 N–H and O–H groups in total. The Kier molecular flexibility index (Phi) is 3.01. The summed E-state index contributed by atoms with van der Waals surface area (Å²) in [5.74, 6) is 3.99. The minimum atomic E-state index is -4.53. The molecule has 0 spiro atoms. The van der Waals surface area contributed by atoms with Gasteiger partial charge in [-0.3, -0.25) is 5.84 Å². The smallest absolute Gasteiger partial charge is 0.321 e. The summed E-state index contributed by atoms with van der Waals surface area (Å²) in [6, 6.07) is 1.25. The van der Waals surface area contributed by atoms with Crippen LogP contribution in [0.5, 0.6) is 0 Å². The van der Waals surface area contributed by atoms with E-state index in [1.807, 2.05) is 5.43 Å². The molecule has 0 aliphatic heterocycles. The van der Waals surface area contributed by atoms with Crippen LogP contribution in [0.2, 0.25) is 0 Å². The molecule has 0 saturated heterocycles. The molecule has 1 aromatic carbocycles. The second-order valence-corrected chi connectivity index (χ2v) is 3.32. The Morgan fingerprint density at radius 1 is 1.29 bits per heavy atom. The van der Waals surface area contributed by atoms with Gasteiger partial charge in [0.05, 0.1) is 15.7 Å². The van der Waals surface area contributed by atoms with Crippen LogP contribution in [0.4, 0.5) is 23.2 Å². The maximum absolute atomic E-state index is 13.0. The highest BCUT2D eigenvalue weighted by Gasteiger charge is 2.32. The van der Waals surface area contributed by atoms with Crippen LogP contribution in [-0.2, 0) is 6.18 Å². The predicted octanol–water partition coefficient (Wildman–Crippen LogP) is 2.89. The largest absolute Gasteiger partial charge is 0.416 e. The van der Waals surface area contributed by atoms with Crippen molar-refractivity contribution in [3.8, 4) is 0 Å². The van der Waals surface area contributed by atoms with Gasteiger partial charge < -0.3 is 5.43 Å². The van der Waals surface area contributed by atoms with Crippen molar-refractivity contribution in [1.29, 1.82) is 0 Å². The molecular weight excluding hydrogens is 268 g/mol. The van der Waals surface area contributed by atoms with E-state index in [0.717, 1.165) is 0 Å². The van der Waals surface area contributed by atoms with Crippen LogP contribution >= 0.6 is 15.9 Å². The topological polar surface area (TPSA) is 38.0 Å². The van der Waals surface area contributed by atoms with Gasteiger partial charge in [0.25, 0.3) is 0 Å². The van der Waals surface area contributed by atoms with Gasteiger partial charge in [-0.1, -0.05) is 0 Å². The minimum absolute atomic E-state index is 0.291. The predicted molar refractivity (Wildman–Crippen MR) is 46.9 cm³/mol. The van der Waals surface area contributed by atoms with Crippen LogP contribution in [-0.4, -0.2) is 0 Å². The highest BCUT2D eigenvalue weighted by molar-refractivity contribution is 9.10. The molecule has 0 aromatic heterocycles. The average molecular weight is 273 g/mol. The lowest BCUT2D eigenvalue weighted by Crippen LogP contribution is -2.12. The third kappa shape index (κ3) is 2.16. The molecule has 0 heterocycles. The van der Waals surface area contributed by atoms with Gasteiger partial charge in [0.15, 0.2) is 5.82 Å². The fourth-order valence-corrected chi connectivity index (χ4v) is 1.32. The zero-order valence-electron chi connectivity index (χ0n) is 6.62. The molecule has 1 rings (SSSR count). The number of nitrogen functional groups attached to an aromatic ring is 1. The highest BCUT2D eigenvalue weighted by atomic mass is 79.9. The molecule has 0 radical (unpaired) electrons. The third-order valence-electron chi connectivity index (χ3n) is 1.51. The van der Waals surface area contributed by atoms with Crippen molar-refractivity contribution in [2.24, 2.45) is 5.84 Å². The lowest BCUT2D eigenvalue weighted by Gasteiger charge is -2.10. The second kappa shape index (κ2) is 3.74. The SMILES string of the molecule is NNc1cc(C(F)(F)F)cc(Br)c1F. The van der Waals surface area contributed by atoms with E-state index in [2.05, 4.69) is 15.9 Å². The third-order valence-corrected chi connectivity index (χ3v) is 2.09. The van der Waals surface area contributed by atoms with E-state index in [1.54, 1.807) is 0 Å². The molecule has 2 nitrogen and oxygen atoms in total. The number of hydrazine groups is 1. The summed E-state index contributed by atoms with van der Waals surface area (Å²) >= 11 is 2.66. The molecule has 0 aliphatic rings. The first-order valence-corrected chi connectivity index (χ1v) is 4.18. The summed E-state index contributed by atoms with van der Waals surface area (Å²) in [6.07, 6.45) is -4.53. The molecule has 0 fully saturated rings. The Morgan fingerprint density at radius 2 is 1.86 bits per heavy atom. The zero-order valence-corrected chi connectivity index (χ0v) is 8.21. The molecule has 14 heavy (non-hydrogen) atoms. The summed E-state index contributed by atoms with van der Waals surface area (Å²) in [4.78, 5) is 0. The monoisotopic (exact) mass is 272 g/mol. The lowest BCUT2D eigenvalue weighted by molar-refractivity contribution is -0.137. The molecule has 0 saturated carbocycles. The van der Waals surface area contributed by atoms with Gasteiger partial charge >= 0.3 is 6.18 Å². The Hall–Kier alpha value is -0.820. The van der Waals surface area contributed by atoms with Gasteiger partial charge in [-0.25, -0.2) is 4.39 Å². The summed E-state index contributed by atoms with van der Waals surface area (Å²) in [5, 5.41) is 0. The van der Waals surface area contributed by atoms with Crippen molar-refractivity contribution in [3.63, 3.8) is 0 Å². The fraction of sp³-hybridized carbons (Fsp3) is 0.143. The van der Waals surface area contributed by atoms with Crippen molar-refractivity contribution >= 4 is 21.6 Å². The zero-order chi connectivity index (χ0) is 10.9. The molecule has 0 atom stereocenters. The fourth-order valence-electron chi connectivity index (χ4n) is 0.858. The number of rotatable bonds is 1. The van der Waals surface area contributed by atoms with Crippen molar-refractivity contribution in [2.45, 2.75) is 6.18 Å². The summed E-state index contributed by atoms with van der Waals surface area (Å²) in [7, 11) is 0. The van der Waals surface area contributed by atoms with Crippen LogP contribution in [0.25, 0.3) is 0 Å². The number of hydrogen-bond acceptors (Lipinski definition) is 2. The lowest BCUT2D eigenvalue weighted by atomic mass is 10.2. The number of anilines is 1. The molecule has 0 amide bonds. The number of alkyl halides is 3. The van der Waals surface area contributed by atoms with Crippen molar-refractivity contribution in [1.82, 2.24) is 0 Å². The van der Waals surface area contributed by atoms with Crippen LogP contribution in [0.3, 0.4) is 0 Å².